The molecule has 10 heteroatoms. The van der Waals surface area contributed by atoms with Gasteiger partial charge in [-0.05, 0) is 36.4 Å². The van der Waals surface area contributed by atoms with Gasteiger partial charge < -0.3 is 0 Å². The van der Waals surface area contributed by atoms with Gasteiger partial charge >= 0.3 is 0 Å². The highest BCUT2D eigenvalue weighted by molar-refractivity contribution is 7.89. The monoisotopic (exact) mass is 409 g/mol. The highest BCUT2D eigenvalue weighted by atomic mass is 32.2. The van der Waals surface area contributed by atoms with Crippen LogP contribution in [0.1, 0.15) is 5.69 Å². The van der Waals surface area contributed by atoms with Crippen molar-refractivity contribution < 1.29 is 22.0 Å². The number of aromatic nitrogens is 1. The van der Waals surface area contributed by atoms with Gasteiger partial charge in [0.1, 0.15) is 21.5 Å². The molecule has 1 heterocycles. The lowest BCUT2D eigenvalue weighted by Crippen LogP contribution is -2.42. The number of hydrazine groups is 1. The van der Waals surface area contributed by atoms with Crippen LogP contribution in [-0.2, 0) is 21.2 Å². The van der Waals surface area contributed by atoms with Crippen LogP contribution in [0.4, 0.5) is 8.78 Å². The van der Waals surface area contributed by atoms with E-state index in [9.17, 15) is 22.0 Å². The summed E-state index contributed by atoms with van der Waals surface area (Å²) in [6.07, 6.45) is -0.183. The maximum absolute atomic E-state index is 13.6. The Balaban J connectivity index is 1.62. The average Bonchev–Trinajstić information content (AvgIpc) is 3.09. The zero-order valence-corrected chi connectivity index (χ0v) is 15.3. The summed E-state index contributed by atoms with van der Waals surface area (Å²) >= 11 is 1.27. The number of benzene rings is 2. The second-order valence-corrected chi connectivity index (χ2v) is 7.92. The quantitative estimate of drug-likeness (QED) is 0.613. The van der Waals surface area contributed by atoms with Gasteiger partial charge in [0.2, 0.25) is 5.91 Å². The van der Waals surface area contributed by atoms with Gasteiger partial charge in [-0.15, -0.1) is 16.2 Å². The van der Waals surface area contributed by atoms with Gasteiger partial charge in [0, 0.05) is 10.9 Å². The summed E-state index contributed by atoms with van der Waals surface area (Å²) in [6, 6.07) is 10.6. The minimum Gasteiger partial charge on any atom is -0.277 e. The van der Waals surface area contributed by atoms with Gasteiger partial charge in [-0.1, -0.05) is 12.1 Å². The standard InChI is InChI=1S/C17H13F2N3O3S2/c18-12-7-5-11(6-8-12)17-20-13(10-26-17)9-16(23)21-22-27(24,25)15-4-2-1-3-14(15)19/h1-8,10,22H,9H2,(H,21,23). The number of nitrogens with zero attached hydrogens (tertiary/aromatic N) is 1. The molecule has 0 aliphatic carbocycles. The fourth-order valence-electron chi connectivity index (χ4n) is 2.16. The first kappa shape index (κ1) is 19.1. The summed E-state index contributed by atoms with van der Waals surface area (Å²) in [5.74, 6) is -1.95. The van der Waals surface area contributed by atoms with Gasteiger partial charge in [0.05, 0.1) is 12.1 Å². The molecule has 3 rings (SSSR count). The highest BCUT2D eigenvalue weighted by Crippen LogP contribution is 2.24. The Kier molecular flexibility index (Phi) is 5.59. The Morgan fingerprint density at radius 1 is 1.07 bits per heavy atom. The lowest BCUT2D eigenvalue weighted by molar-refractivity contribution is -0.120. The average molecular weight is 409 g/mol. The van der Waals surface area contributed by atoms with Crippen molar-refractivity contribution in [3.63, 3.8) is 0 Å². The predicted molar refractivity (Wildman–Crippen MR) is 96.1 cm³/mol. The van der Waals surface area contributed by atoms with E-state index in [1.54, 1.807) is 17.5 Å². The second-order valence-electron chi connectivity index (χ2n) is 5.41. The number of hydrogen-bond acceptors (Lipinski definition) is 5. The van der Waals surface area contributed by atoms with Crippen molar-refractivity contribution in [2.24, 2.45) is 0 Å². The predicted octanol–water partition coefficient (Wildman–Crippen LogP) is 2.64. The van der Waals surface area contributed by atoms with Gasteiger partial charge in [-0.3, -0.25) is 10.2 Å². The van der Waals surface area contributed by atoms with E-state index in [0.29, 0.717) is 16.3 Å². The van der Waals surface area contributed by atoms with E-state index in [2.05, 4.69) is 4.98 Å². The van der Waals surface area contributed by atoms with Crippen LogP contribution >= 0.6 is 11.3 Å². The van der Waals surface area contributed by atoms with E-state index in [4.69, 9.17) is 0 Å². The molecule has 0 saturated carbocycles. The fourth-order valence-corrected chi connectivity index (χ4v) is 3.93. The number of rotatable bonds is 6. The molecule has 3 aromatic rings. The lowest BCUT2D eigenvalue weighted by Gasteiger charge is -2.08. The van der Waals surface area contributed by atoms with E-state index in [0.717, 1.165) is 12.1 Å². The molecule has 1 aromatic heterocycles. The Labute approximate surface area is 157 Å². The lowest BCUT2D eigenvalue weighted by atomic mass is 10.2. The minimum atomic E-state index is -4.23. The van der Waals surface area contributed by atoms with Crippen molar-refractivity contribution in [3.8, 4) is 10.6 Å². The zero-order valence-electron chi connectivity index (χ0n) is 13.6. The van der Waals surface area contributed by atoms with Crippen LogP contribution in [0.25, 0.3) is 10.6 Å². The molecule has 0 fully saturated rings. The number of carbonyl (C=O) groups excluding carboxylic acids is 1. The van der Waals surface area contributed by atoms with Crippen LogP contribution in [0.15, 0.2) is 58.8 Å². The van der Waals surface area contributed by atoms with Crippen molar-refractivity contribution in [2.45, 2.75) is 11.3 Å². The van der Waals surface area contributed by atoms with Crippen molar-refractivity contribution in [2.75, 3.05) is 0 Å². The van der Waals surface area contributed by atoms with E-state index in [1.165, 1.54) is 35.6 Å². The molecule has 0 aliphatic heterocycles. The number of halogens is 2. The van der Waals surface area contributed by atoms with Crippen LogP contribution in [0.2, 0.25) is 0 Å². The largest absolute Gasteiger partial charge is 0.277 e. The second kappa shape index (κ2) is 7.91. The maximum atomic E-state index is 13.6. The third-order valence-electron chi connectivity index (χ3n) is 3.44. The molecule has 0 spiro atoms. The van der Waals surface area contributed by atoms with E-state index < -0.39 is 26.6 Å². The van der Waals surface area contributed by atoms with Crippen molar-refractivity contribution in [1.29, 1.82) is 0 Å². The SMILES string of the molecule is O=C(Cc1csc(-c2ccc(F)cc2)n1)NNS(=O)(=O)c1ccccc1F. The number of nitrogens with one attached hydrogen (secondary N) is 2. The molecule has 1 amide bonds. The Morgan fingerprint density at radius 2 is 1.78 bits per heavy atom. The topological polar surface area (TPSA) is 88.2 Å². The normalized spacial score (nSPS) is 11.3. The number of hydrogen-bond donors (Lipinski definition) is 2. The van der Waals surface area contributed by atoms with Gasteiger partial charge in [0.25, 0.3) is 10.0 Å². The van der Waals surface area contributed by atoms with Crippen molar-refractivity contribution in [1.82, 2.24) is 15.2 Å². The molecule has 0 unspecified atom stereocenters. The van der Waals surface area contributed by atoms with Crippen molar-refractivity contribution in [3.05, 3.63) is 71.2 Å². The summed E-state index contributed by atoms with van der Waals surface area (Å²) in [4.78, 5) is 17.5. The first-order valence-electron chi connectivity index (χ1n) is 7.61. The smallest absolute Gasteiger partial charge is 0.260 e. The number of amides is 1. The molecule has 2 N–H and O–H groups in total. The van der Waals surface area contributed by atoms with Crippen LogP contribution in [0.5, 0.6) is 0 Å². The Hall–Kier alpha value is -2.69. The molecule has 6 nitrogen and oxygen atoms in total. The Bertz CT molecular complexity index is 1070. The summed E-state index contributed by atoms with van der Waals surface area (Å²) in [5.41, 5.74) is 3.15. The molecule has 0 radical (unpaired) electrons. The van der Waals surface area contributed by atoms with Gasteiger partial charge in [-0.25, -0.2) is 22.2 Å². The molecular weight excluding hydrogens is 396 g/mol. The zero-order chi connectivity index (χ0) is 19.4. The molecule has 140 valence electrons. The summed E-state index contributed by atoms with van der Waals surface area (Å²) in [7, 11) is -4.23. The van der Waals surface area contributed by atoms with Crippen LogP contribution in [0, 0.1) is 11.6 Å². The first-order chi connectivity index (χ1) is 12.8. The van der Waals surface area contributed by atoms with Crippen molar-refractivity contribution >= 4 is 27.3 Å². The summed E-state index contributed by atoms with van der Waals surface area (Å²) in [5, 5.41) is 2.24. The molecule has 0 saturated heterocycles. The molecule has 0 atom stereocenters. The maximum Gasteiger partial charge on any atom is 0.260 e. The number of carbonyl (C=O) groups is 1. The van der Waals surface area contributed by atoms with E-state index >= 15 is 0 Å². The molecular formula is C17H13F2N3O3S2. The first-order valence-corrected chi connectivity index (χ1v) is 9.97. The van der Waals surface area contributed by atoms with Gasteiger partial charge in [0.15, 0.2) is 0 Å². The molecule has 0 aliphatic rings. The van der Waals surface area contributed by atoms with Crippen LogP contribution in [-0.4, -0.2) is 19.3 Å². The Morgan fingerprint density at radius 3 is 2.48 bits per heavy atom. The van der Waals surface area contributed by atoms with E-state index in [1.807, 2.05) is 10.3 Å². The van der Waals surface area contributed by atoms with Crippen LogP contribution in [0.3, 0.4) is 0 Å². The summed E-state index contributed by atoms with van der Waals surface area (Å²) in [6.45, 7) is 0. The van der Waals surface area contributed by atoms with E-state index in [-0.39, 0.29) is 12.2 Å². The summed E-state index contributed by atoms with van der Waals surface area (Å²) < 4.78 is 50.6. The van der Waals surface area contributed by atoms with Gasteiger partial charge in [-0.2, -0.15) is 0 Å². The third kappa shape index (κ3) is 4.73. The number of thiazole rings is 1. The molecule has 2 aromatic carbocycles. The molecule has 0 bridgehead atoms. The molecule has 27 heavy (non-hydrogen) atoms. The fraction of sp³-hybridized carbons (Fsp3) is 0.0588. The highest BCUT2D eigenvalue weighted by Gasteiger charge is 2.19. The number of sulfonamides is 1. The van der Waals surface area contributed by atoms with Crippen LogP contribution < -0.4 is 10.3 Å². The third-order valence-corrected chi connectivity index (χ3v) is 5.66. The minimum absolute atomic E-state index is 0.183.